The Bertz CT molecular complexity index is 376. The highest BCUT2D eigenvalue weighted by Gasteiger charge is 2.14. The minimum absolute atomic E-state index is 0.0520. The van der Waals surface area contributed by atoms with E-state index < -0.39 is 5.97 Å². The predicted octanol–water partition coefficient (Wildman–Crippen LogP) is 1.22. The number of rotatable bonds is 4. The van der Waals surface area contributed by atoms with Crippen LogP contribution in [-0.2, 0) is 4.79 Å². The third-order valence-electron chi connectivity index (χ3n) is 1.73. The first-order chi connectivity index (χ1) is 7.22. The monoisotopic (exact) mass is 209 g/mol. The van der Waals surface area contributed by atoms with E-state index in [4.69, 9.17) is 9.47 Å². The molecule has 0 saturated heterocycles. The Hall–Kier alpha value is -1.91. The molecule has 0 saturated carbocycles. The highest BCUT2D eigenvalue weighted by atomic mass is 16.6. The van der Waals surface area contributed by atoms with Gasteiger partial charge in [-0.1, -0.05) is 6.92 Å². The lowest BCUT2D eigenvalue weighted by Gasteiger charge is -2.09. The SMILES string of the molecule is CCC(=O)Oc1c(OC)ccnc1C=O. The molecule has 0 atom stereocenters. The highest BCUT2D eigenvalue weighted by Crippen LogP contribution is 2.28. The lowest BCUT2D eigenvalue weighted by atomic mass is 10.3. The summed E-state index contributed by atoms with van der Waals surface area (Å²) in [5.41, 5.74) is 0.0520. The van der Waals surface area contributed by atoms with Gasteiger partial charge in [-0.2, -0.15) is 0 Å². The van der Waals surface area contributed by atoms with E-state index >= 15 is 0 Å². The van der Waals surface area contributed by atoms with Gasteiger partial charge in [0.15, 0.2) is 12.0 Å². The quantitative estimate of drug-likeness (QED) is 0.551. The van der Waals surface area contributed by atoms with Gasteiger partial charge >= 0.3 is 5.97 Å². The number of ether oxygens (including phenoxy) is 2. The van der Waals surface area contributed by atoms with Crippen molar-refractivity contribution in [3.05, 3.63) is 18.0 Å². The van der Waals surface area contributed by atoms with E-state index in [0.29, 0.717) is 12.0 Å². The van der Waals surface area contributed by atoms with E-state index in [2.05, 4.69) is 4.98 Å². The molecule has 0 fully saturated rings. The fraction of sp³-hybridized carbons (Fsp3) is 0.300. The minimum Gasteiger partial charge on any atom is -0.493 e. The smallest absolute Gasteiger partial charge is 0.311 e. The van der Waals surface area contributed by atoms with E-state index in [1.54, 1.807) is 6.92 Å². The molecule has 0 amide bonds. The molecule has 0 radical (unpaired) electrons. The molecule has 0 N–H and O–H groups in total. The predicted molar refractivity (Wildman–Crippen MR) is 52.1 cm³/mol. The molecular formula is C10H11NO4. The summed E-state index contributed by atoms with van der Waals surface area (Å²) in [7, 11) is 1.42. The third kappa shape index (κ3) is 2.52. The maximum atomic E-state index is 11.1. The van der Waals surface area contributed by atoms with E-state index in [0.717, 1.165) is 0 Å². The molecule has 1 heterocycles. The van der Waals surface area contributed by atoms with Crippen LogP contribution in [0.2, 0.25) is 0 Å². The van der Waals surface area contributed by atoms with Gasteiger partial charge < -0.3 is 9.47 Å². The number of aldehydes is 1. The Labute approximate surface area is 87.0 Å². The summed E-state index contributed by atoms with van der Waals surface area (Å²) in [6, 6.07) is 1.52. The summed E-state index contributed by atoms with van der Waals surface area (Å²) in [6.45, 7) is 1.66. The second-order valence-electron chi connectivity index (χ2n) is 2.67. The number of carbonyl (C=O) groups excluding carboxylic acids is 2. The summed E-state index contributed by atoms with van der Waals surface area (Å²) in [6.07, 6.45) is 2.14. The average Bonchev–Trinajstić information content (AvgIpc) is 2.29. The molecule has 1 aromatic heterocycles. The van der Waals surface area contributed by atoms with Crippen LogP contribution < -0.4 is 9.47 Å². The number of carbonyl (C=O) groups is 2. The van der Waals surface area contributed by atoms with Crippen LogP contribution in [0.5, 0.6) is 11.5 Å². The molecule has 5 nitrogen and oxygen atoms in total. The van der Waals surface area contributed by atoms with Crippen LogP contribution in [0.4, 0.5) is 0 Å². The van der Waals surface area contributed by atoms with Crippen LogP contribution in [0, 0.1) is 0 Å². The largest absolute Gasteiger partial charge is 0.493 e. The Morgan fingerprint density at radius 1 is 1.60 bits per heavy atom. The second kappa shape index (κ2) is 5.09. The summed E-state index contributed by atoms with van der Waals surface area (Å²) in [5.74, 6) is -0.0554. The van der Waals surface area contributed by atoms with Crippen molar-refractivity contribution >= 4 is 12.3 Å². The number of nitrogens with zero attached hydrogens (tertiary/aromatic N) is 1. The zero-order valence-corrected chi connectivity index (χ0v) is 8.52. The van der Waals surface area contributed by atoms with Crippen molar-refractivity contribution in [1.82, 2.24) is 4.98 Å². The number of pyridine rings is 1. The molecular weight excluding hydrogens is 198 g/mol. The van der Waals surface area contributed by atoms with Crippen molar-refractivity contribution in [2.45, 2.75) is 13.3 Å². The van der Waals surface area contributed by atoms with Gasteiger partial charge in [0.05, 0.1) is 7.11 Å². The van der Waals surface area contributed by atoms with E-state index in [1.165, 1.54) is 19.4 Å². The van der Waals surface area contributed by atoms with Gasteiger partial charge in [0, 0.05) is 18.7 Å². The van der Waals surface area contributed by atoms with E-state index in [9.17, 15) is 9.59 Å². The maximum Gasteiger partial charge on any atom is 0.311 e. The number of hydrogen-bond acceptors (Lipinski definition) is 5. The fourth-order valence-corrected chi connectivity index (χ4v) is 0.979. The van der Waals surface area contributed by atoms with Gasteiger partial charge in [-0.05, 0) is 0 Å². The summed E-state index contributed by atoms with van der Waals surface area (Å²) < 4.78 is 9.91. The molecule has 0 aliphatic rings. The first kappa shape index (κ1) is 11.2. The second-order valence-corrected chi connectivity index (χ2v) is 2.67. The van der Waals surface area contributed by atoms with Crippen molar-refractivity contribution in [3.63, 3.8) is 0 Å². The first-order valence-corrected chi connectivity index (χ1v) is 4.41. The van der Waals surface area contributed by atoms with E-state index in [1.807, 2.05) is 0 Å². The third-order valence-corrected chi connectivity index (χ3v) is 1.73. The number of esters is 1. The molecule has 1 aromatic rings. The van der Waals surface area contributed by atoms with Crippen molar-refractivity contribution < 1.29 is 19.1 Å². The van der Waals surface area contributed by atoms with Gasteiger partial charge in [-0.25, -0.2) is 4.98 Å². The summed E-state index contributed by atoms with van der Waals surface area (Å²) in [4.78, 5) is 25.5. The fourth-order valence-electron chi connectivity index (χ4n) is 0.979. The van der Waals surface area contributed by atoms with Crippen LogP contribution in [0.15, 0.2) is 12.3 Å². The van der Waals surface area contributed by atoms with E-state index in [-0.39, 0.29) is 17.9 Å². The zero-order valence-electron chi connectivity index (χ0n) is 8.52. The van der Waals surface area contributed by atoms with Gasteiger partial charge in [0.25, 0.3) is 0 Å². The number of aromatic nitrogens is 1. The van der Waals surface area contributed by atoms with Gasteiger partial charge in [-0.15, -0.1) is 0 Å². The highest BCUT2D eigenvalue weighted by molar-refractivity contribution is 5.82. The molecule has 0 spiro atoms. The average molecular weight is 209 g/mol. The van der Waals surface area contributed by atoms with Crippen LogP contribution in [-0.4, -0.2) is 24.3 Å². The lowest BCUT2D eigenvalue weighted by Crippen LogP contribution is -2.09. The summed E-state index contributed by atoms with van der Waals surface area (Å²) in [5, 5.41) is 0. The van der Waals surface area contributed by atoms with Crippen molar-refractivity contribution in [3.8, 4) is 11.5 Å². The molecule has 0 bridgehead atoms. The molecule has 80 valence electrons. The maximum absolute atomic E-state index is 11.1. The van der Waals surface area contributed by atoms with Gasteiger partial charge in [-0.3, -0.25) is 9.59 Å². The zero-order chi connectivity index (χ0) is 11.3. The van der Waals surface area contributed by atoms with Crippen LogP contribution in [0.25, 0.3) is 0 Å². The molecule has 5 heteroatoms. The van der Waals surface area contributed by atoms with Gasteiger partial charge in [0.1, 0.15) is 5.69 Å². The van der Waals surface area contributed by atoms with Crippen molar-refractivity contribution in [2.75, 3.05) is 7.11 Å². The van der Waals surface area contributed by atoms with Crippen LogP contribution >= 0.6 is 0 Å². The molecule has 1 rings (SSSR count). The number of methoxy groups -OCH3 is 1. The Morgan fingerprint density at radius 3 is 2.87 bits per heavy atom. The van der Waals surface area contributed by atoms with Crippen LogP contribution in [0.1, 0.15) is 23.8 Å². The Kier molecular flexibility index (Phi) is 3.79. The topological polar surface area (TPSA) is 65.5 Å². The molecule has 0 aliphatic carbocycles. The Morgan fingerprint density at radius 2 is 2.33 bits per heavy atom. The first-order valence-electron chi connectivity index (χ1n) is 4.41. The normalized spacial score (nSPS) is 9.47. The van der Waals surface area contributed by atoms with Crippen molar-refractivity contribution in [2.24, 2.45) is 0 Å². The van der Waals surface area contributed by atoms with Gasteiger partial charge in [0.2, 0.25) is 5.75 Å². The van der Waals surface area contributed by atoms with Crippen LogP contribution in [0.3, 0.4) is 0 Å². The summed E-state index contributed by atoms with van der Waals surface area (Å²) >= 11 is 0. The van der Waals surface area contributed by atoms with Crippen molar-refractivity contribution in [1.29, 1.82) is 0 Å². The number of hydrogen-bond donors (Lipinski definition) is 0. The molecule has 0 unspecified atom stereocenters. The molecule has 0 aliphatic heterocycles. The molecule has 0 aromatic carbocycles. The lowest BCUT2D eigenvalue weighted by molar-refractivity contribution is -0.134. The minimum atomic E-state index is -0.440. The molecule has 15 heavy (non-hydrogen) atoms. The standard InChI is InChI=1S/C10H11NO4/c1-3-9(13)15-10-7(6-12)11-5-4-8(10)14-2/h4-6H,3H2,1-2H3. The Balaban J connectivity index is 3.10.